The molecule has 5 nitrogen and oxygen atoms in total. The standard InChI is InChI=1S/C21H26ClN3O2S/c1-21(2,24-19(26)17-7-8-18(22)28-17)20(27)23-16-6-5-14-9-11-25(3,4)12-10-15(14)13-16/h5-8,13H,9-12H2,1-4H3,(H-,23,24,26,27)/p+1. The summed E-state index contributed by atoms with van der Waals surface area (Å²) < 4.78 is 1.54. The minimum atomic E-state index is -1.06. The topological polar surface area (TPSA) is 58.2 Å². The van der Waals surface area contributed by atoms with Gasteiger partial charge >= 0.3 is 0 Å². The third-order valence-electron chi connectivity index (χ3n) is 5.23. The molecule has 0 bridgehead atoms. The Hall–Kier alpha value is -1.89. The zero-order valence-corrected chi connectivity index (χ0v) is 18.3. The first kappa shape index (κ1) is 20.8. The Bertz CT molecular complexity index is 905. The molecule has 2 N–H and O–H groups in total. The smallest absolute Gasteiger partial charge is 0.262 e. The molecule has 0 saturated heterocycles. The molecule has 0 aliphatic carbocycles. The quantitative estimate of drug-likeness (QED) is 0.740. The normalized spacial score (nSPS) is 16.0. The third kappa shape index (κ3) is 4.93. The van der Waals surface area contributed by atoms with E-state index in [9.17, 15) is 9.59 Å². The first-order chi connectivity index (χ1) is 13.1. The number of thiophene rings is 1. The number of halogens is 1. The zero-order chi connectivity index (χ0) is 20.5. The molecule has 2 amide bonds. The van der Waals surface area contributed by atoms with Crippen molar-refractivity contribution in [3.8, 4) is 0 Å². The maximum absolute atomic E-state index is 12.8. The molecule has 150 valence electrons. The molecule has 0 radical (unpaired) electrons. The van der Waals surface area contributed by atoms with E-state index in [-0.39, 0.29) is 11.8 Å². The summed E-state index contributed by atoms with van der Waals surface area (Å²) in [7, 11) is 4.50. The van der Waals surface area contributed by atoms with E-state index in [4.69, 9.17) is 11.6 Å². The fraction of sp³-hybridized carbons (Fsp3) is 0.429. The number of amides is 2. The predicted octanol–water partition coefficient (Wildman–Crippen LogP) is 3.72. The number of likely N-dealkylation sites (N-methyl/N-ethyl adjacent to an activating group) is 1. The van der Waals surface area contributed by atoms with Crippen molar-refractivity contribution in [2.24, 2.45) is 0 Å². The van der Waals surface area contributed by atoms with Crippen LogP contribution in [0.1, 0.15) is 34.6 Å². The molecule has 0 unspecified atom stereocenters. The second kappa shape index (κ2) is 7.85. The van der Waals surface area contributed by atoms with Gasteiger partial charge in [-0.05, 0) is 49.2 Å². The predicted molar refractivity (Wildman–Crippen MR) is 115 cm³/mol. The number of nitrogens with one attached hydrogen (secondary N) is 2. The van der Waals surface area contributed by atoms with E-state index >= 15 is 0 Å². The first-order valence-corrected chi connectivity index (χ1v) is 10.6. The number of benzene rings is 1. The molecule has 1 aliphatic heterocycles. The maximum atomic E-state index is 12.8. The van der Waals surface area contributed by atoms with Gasteiger partial charge in [-0.1, -0.05) is 17.7 Å². The van der Waals surface area contributed by atoms with Gasteiger partial charge in [-0.2, -0.15) is 0 Å². The molecule has 1 aromatic heterocycles. The van der Waals surface area contributed by atoms with Gasteiger partial charge < -0.3 is 15.1 Å². The second-order valence-corrected chi connectivity index (χ2v) is 10.2. The van der Waals surface area contributed by atoms with Crippen LogP contribution in [0.5, 0.6) is 0 Å². The number of fused-ring (bicyclic) bond motifs is 1. The summed E-state index contributed by atoms with van der Waals surface area (Å²) in [5, 5.41) is 5.74. The van der Waals surface area contributed by atoms with Gasteiger partial charge in [0.05, 0.1) is 36.4 Å². The average Bonchev–Trinajstić information content (AvgIpc) is 2.99. The van der Waals surface area contributed by atoms with E-state index in [2.05, 4.69) is 36.9 Å². The molecule has 3 rings (SSSR count). The summed E-state index contributed by atoms with van der Waals surface area (Å²) >= 11 is 7.08. The van der Waals surface area contributed by atoms with Crippen LogP contribution in [0.3, 0.4) is 0 Å². The lowest BCUT2D eigenvalue weighted by Gasteiger charge is -2.27. The summed E-state index contributed by atoms with van der Waals surface area (Å²) in [5.41, 5.74) is 2.34. The van der Waals surface area contributed by atoms with Crippen LogP contribution in [0.25, 0.3) is 0 Å². The highest BCUT2D eigenvalue weighted by Crippen LogP contribution is 2.24. The van der Waals surface area contributed by atoms with Crippen LogP contribution in [-0.4, -0.2) is 49.0 Å². The lowest BCUT2D eigenvalue weighted by Crippen LogP contribution is -2.52. The van der Waals surface area contributed by atoms with Gasteiger partial charge in [0.15, 0.2) is 0 Å². The molecule has 2 heterocycles. The number of rotatable bonds is 4. The molecule has 1 aliphatic rings. The lowest BCUT2D eigenvalue weighted by molar-refractivity contribution is -0.889. The largest absolute Gasteiger partial charge is 0.337 e. The Balaban J connectivity index is 1.68. The van der Waals surface area contributed by atoms with Crippen LogP contribution >= 0.6 is 22.9 Å². The third-order valence-corrected chi connectivity index (χ3v) is 6.46. The molecule has 7 heteroatoms. The number of anilines is 1. The molecule has 1 aromatic carbocycles. The number of hydrogen-bond acceptors (Lipinski definition) is 3. The van der Waals surface area contributed by atoms with Crippen LogP contribution in [0.2, 0.25) is 4.34 Å². The number of hydrogen-bond donors (Lipinski definition) is 2. The summed E-state index contributed by atoms with van der Waals surface area (Å²) in [6, 6.07) is 9.44. The SMILES string of the molecule is CC(C)(NC(=O)c1ccc(Cl)s1)C(=O)Nc1ccc2c(c1)CC[N+](C)(C)CC2. The van der Waals surface area contributed by atoms with Crippen molar-refractivity contribution in [1.29, 1.82) is 0 Å². The van der Waals surface area contributed by atoms with Crippen LogP contribution < -0.4 is 10.6 Å². The molecule has 0 spiro atoms. The minimum Gasteiger partial charge on any atom is -0.337 e. The van der Waals surface area contributed by atoms with Crippen molar-refractivity contribution in [3.63, 3.8) is 0 Å². The maximum Gasteiger partial charge on any atom is 0.262 e. The molecule has 2 aromatic rings. The van der Waals surface area contributed by atoms with Crippen molar-refractivity contribution in [1.82, 2.24) is 5.32 Å². The van der Waals surface area contributed by atoms with Gasteiger partial charge in [-0.25, -0.2) is 0 Å². The van der Waals surface area contributed by atoms with E-state index in [0.717, 1.165) is 36.1 Å². The Labute approximate surface area is 175 Å². The molecule has 28 heavy (non-hydrogen) atoms. The Kier molecular flexibility index (Phi) is 5.84. The summed E-state index contributed by atoms with van der Waals surface area (Å²) in [4.78, 5) is 25.7. The molecule has 0 atom stereocenters. The zero-order valence-electron chi connectivity index (χ0n) is 16.8. The van der Waals surface area contributed by atoms with E-state index in [1.165, 1.54) is 22.5 Å². The van der Waals surface area contributed by atoms with E-state index in [1.54, 1.807) is 26.0 Å². The monoisotopic (exact) mass is 420 g/mol. The summed E-state index contributed by atoms with van der Waals surface area (Å²) in [6.07, 6.45) is 2.03. The highest BCUT2D eigenvalue weighted by atomic mass is 35.5. The van der Waals surface area contributed by atoms with Crippen molar-refractivity contribution < 1.29 is 14.1 Å². The number of carbonyl (C=O) groups excluding carboxylic acids is 2. The van der Waals surface area contributed by atoms with Gasteiger partial charge in [0.1, 0.15) is 5.54 Å². The molecular weight excluding hydrogens is 394 g/mol. The molecule has 0 saturated carbocycles. The highest BCUT2D eigenvalue weighted by molar-refractivity contribution is 7.18. The highest BCUT2D eigenvalue weighted by Gasteiger charge is 2.30. The lowest BCUT2D eigenvalue weighted by atomic mass is 10.0. The van der Waals surface area contributed by atoms with E-state index < -0.39 is 5.54 Å². The van der Waals surface area contributed by atoms with Crippen LogP contribution in [-0.2, 0) is 17.6 Å². The Morgan fingerprint density at radius 1 is 1.07 bits per heavy atom. The Morgan fingerprint density at radius 3 is 2.39 bits per heavy atom. The van der Waals surface area contributed by atoms with Crippen molar-refractivity contribution in [3.05, 3.63) is 50.7 Å². The Morgan fingerprint density at radius 2 is 1.75 bits per heavy atom. The van der Waals surface area contributed by atoms with Crippen molar-refractivity contribution in [2.75, 3.05) is 32.5 Å². The van der Waals surface area contributed by atoms with E-state index in [1.807, 2.05) is 6.07 Å². The fourth-order valence-corrected chi connectivity index (χ4v) is 4.20. The molecular formula is C21H27ClN3O2S+. The van der Waals surface area contributed by atoms with Crippen LogP contribution in [0, 0.1) is 0 Å². The van der Waals surface area contributed by atoms with Gasteiger partial charge in [-0.3, -0.25) is 9.59 Å². The van der Waals surface area contributed by atoms with Crippen molar-refractivity contribution in [2.45, 2.75) is 32.2 Å². The second-order valence-electron chi connectivity index (χ2n) is 8.50. The fourth-order valence-electron chi connectivity index (χ4n) is 3.26. The molecule has 0 fully saturated rings. The van der Waals surface area contributed by atoms with Crippen LogP contribution in [0.15, 0.2) is 30.3 Å². The minimum absolute atomic E-state index is 0.256. The van der Waals surface area contributed by atoms with Gasteiger partial charge in [0.2, 0.25) is 5.91 Å². The van der Waals surface area contributed by atoms with E-state index in [0.29, 0.717) is 9.21 Å². The number of nitrogens with zero attached hydrogens (tertiary/aromatic N) is 1. The summed E-state index contributed by atoms with van der Waals surface area (Å²) in [6.45, 7) is 5.58. The summed E-state index contributed by atoms with van der Waals surface area (Å²) in [5.74, 6) is -0.563. The van der Waals surface area contributed by atoms with Gasteiger partial charge in [0, 0.05) is 18.5 Å². The van der Waals surface area contributed by atoms with Crippen molar-refractivity contribution >= 4 is 40.4 Å². The van der Waals surface area contributed by atoms with Gasteiger partial charge in [-0.15, -0.1) is 11.3 Å². The number of quaternary nitrogens is 1. The average molecular weight is 421 g/mol. The van der Waals surface area contributed by atoms with Gasteiger partial charge in [0.25, 0.3) is 5.91 Å². The van der Waals surface area contributed by atoms with Crippen LogP contribution in [0.4, 0.5) is 5.69 Å². The first-order valence-electron chi connectivity index (χ1n) is 9.39. The number of carbonyl (C=O) groups is 2.